The smallest absolute Gasteiger partial charge is 0.181 e. The van der Waals surface area contributed by atoms with Crippen LogP contribution in [-0.4, -0.2) is 20.2 Å². The molecule has 0 fully saturated rings. The fraction of sp³-hybridized carbons (Fsp3) is 0.400. The van der Waals surface area contributed by atoms with Crippen LogP contribution >= 0.6 is 0 Å². The minimum Gasteiger partial charge on any atom is -0.328 e. The molecule has 0 aliphatic rings. The topological polar surface area (TPSA) is 60.2 Å². The molecular formula is C10H14FNO2S. The maximum absolute atomic E-state index is 13.2. The Morgan fingerprint density at radius 1 is 1.40 bits per heavy atom. The molecule has 0 aromatic heterocycles. The fourth-order valence-corrected chi connectivity index (χ4v) is 2.70. The van der Waals surface area contributed by atoms with Crippen LogP contribution in [0, 0.1) is 5.82 Å². The highest BCUT2D eigenvalue weighted by Crippen LogP contribution is 2.16. The van der Waals surface area contributed by atoms with E-state index >= 15 is 0 Å². The van der Waals surface area contributed by atoms with Crippen molar-refractivity contribution in [1.29, 1.82) is 0 Å². The molecule has 0 heterocycles. The third-order valence-corrected chi connectivity index (χ3v) is 3.79. The Morgan fingerprint density at radius 3 is 2.53 bits per heavy atom. The number of nitrogens with two attached hydrogens (primary N) is 1. The Labute approximate surface area is 89.0 Å². The summed E-state index contributed by atoms with van der Waals surface area (Å²) >= 11 is 0. The van der Waals surface area contributed by atoms with Gasteiger partial charge >= 0.3 is 0 Å². The van der Waals surface area contributed by atoms with Gasteiger partial charge in [-0.25, -0.2) is 12.8 Å². The molecule has 0 aliphatic carbocycles. The van der Waals surface area contributed by atoms with E-state index < -0.39 is 15.7 Å². The lowest BCUT2D eigenvalue weighted by atomic mass is 10.3. The standard InChI is InChI=1S/C10H14FNO2S/c1-8(12)6-7-15(13,14)10-5-3-2-4-9(10)11/h2-5,8H,6-7,12H2,1H3. The average Bonchev–Trinajstić information content (AvgIpc) is 2.15. The highest BCUT2D eigenvalue weighted by atomic mass is 32.2. The monoisotopic (exact) mass is 231 g/mol. The minimum atomic E-state index is -3.54. The zero-order chi connectivity index (χ0) is 11.5. The molecule has 0 saturated heterocycles. The molecule has 3 nitrogen and oxygen atoms in total. The first kappa shape index (κ1) is 12.1. The van der Waals surface area contributed by atoms with Crippen molar-refractivity contribution in [3.63, 3.8) is 0 Å². The summed E-state index contributed by atoms with van der Waals surface area (Å²) in [6.45, 7) is 1.72. The number of hydrogen-bond acceptors (Lipinski definition) is 3. The molecule has 1 rings (SSSR count). The molecule has 0 bridgehead atoms. The SMILES string of the molecule is CC(N)CCS(=O)(=O)c1ccccc1F. The summed E-state index contributed by atoms with van der Waals surface area (Å²) in [7, 11) is -3.54. The van der Waals surface area contributed by atoms with Gasteiger partial charge < -0.3 is 5.73 Å². The molecule has 0 aliphatic heterocycles. The lowest BCUT2D eigenvalue weighted by molar-refractivity contribution is 0.562. The highest BCUT2D eigenvalue weighted by molar-refractivity contribution is 7.91. The van der Waals surface area contributed by atoms with Crippen molar-refractivity contribution >= 4 is 9.84 Å². The number of sulfone groups is 1. The van der Waals surface area contributed by atoms with E-state index in [1.807, 2.05) is 0 Å². The van der Waals surface area contributed by atoms with E-state index in [1.54, 1.807) is 6.92 Å². The summed E-state index contributed by atoms with van der Waals surface area (Å²) in [5.74, 6) is -0.826. The second kappa shape index (κ2) is 4.72. The van der Waals surface area contributed by atoms with Crippen molar-refractivity contribution in [3.8, 4) is 0 Å². The van der Waals surface area contributed by atoms with Crippen LogP contribution in [0.25, 0.3) is 0 Å². The Hall–Kier alpha value is -0.940. The first-order valence-electron chi connectivity index (χ1n) is 4.66. The van der Waals surface area contributed by atoms with Crippen molar-refractivity contribution in [2.45, 2.75) is 24.3 Å². The predicted octanol–water partition coefficient (Wildman–Crippen LogP) is 1.34. The first-order valence-corrected chi connectivity index (χ1v) is 6.31. The van der Waals surface area contributed by atoms with Crippen molar-refractivity contribution in [2.24, 2.45) is 5.73 Å². The number of rotatable bonds is 4. The molecule has 1 atom stereocenters. The van der Waals surface area contributed by atoms with Gasteiger partial charge in [0.1, 0.15) is 10.7 Å². The molecule has 0 amide bonds. The van der Waals surface area contributed by atoms with E-state index in [2.05, 4.69) is 0 Å². The molecule has 1 aromatic carbocycles. The fourth-order valence-electron chi connectivity index (χ4n) is 1.15. The lowest BCUT2D eigenvalue weighted by Gasteiger charge is -2.07. The van der Waals surface area contributed by atoms with Crippen LogP contribution in [-0.2, 0) is 9.84 Å². The van der Waals surface area contributed by atoms with E-state index in [4.69, 9.17) is 5.73 Å². The van der Waals surface area contributed by atoms with Gasteiger partial charge in [0.2, 0.25) is 0 Å². The summed E-state index contributed by atoms with van der Waals surface area (Å²) in [6.07, 6.45) is 0.330. The van der Waals surface area contributed by atoms with Gasteiger partial charge in [-0.15, -0.1) is 0 Å². The number of hydrogen-bond donors (Lipinski definition) is 1. The molecule has 5 heteroatoms. The molecule has 0 spiro atoms. The normalized spacial score (nSPS) is 13.8. The van der Waals surface area contributed by atoms with Crippen LogP contribution in [0.15, 0.2) is 29.2 Å². The summed E-state index contributed by atoms with van der Waals surface area (Å²) in [5, 5.41) is 0. The molecule has 0 radical (unpaired) electrons. The Bertz CT molecular complexity index is 429. The summed E-state index contributed by atoms with van der Waals surface area (Å²) in [4.78, 5) is -0.245. The molecule has 15 heavy (non-hydrogen) atoms. The predicted molar refractivity (Wildman–Crippen MR) is 56.7 cm³/mol. The van der Waals surface area contributed by atoms with Crippen LogP contribution in [0.3, 0.4) is 0 Å². The molecular weight excluding hydrogens is 217 g/mol. The maximum atomic E-state index is 13.2. The molecule has 1 unspecified atom stereocenters. The number of halogens is 1. The third-order valence-electron chi connectivity index (χ3n) is 2.01. The van der Waals surface area contributed by atoms with E-state index in [0.29, 0.717) is 6.42 Å². The van der Waals surface area contributed by atoms with Crippen LogP contribution in [0.2, 0.25) is 0 Å². The van der Waals surface area contributed by atoms with Gasteiger partial charge in [-0.1, -0.05) is 12.1 Å². The summed E-state index contributed by atoms with van der Waals surface area (Å²) in [5.41, 5.74) is 5.46. The zero-order valence-corrected chi connectivity index (χ0v) is 9.30. The zero-order valence-electron chi connectivity index (χ0n) is 8.48. The third kappa shape index (κ3) is 3.28. The largest absolute Gasteiger partial charge is 0.328 e. The van der Waals surface area contributed by atoms with Crippen LogP contribution < -0.4 is 5.73 Å². The molecule has 84 valence electrons. The Balaban J connectivity index is 2.92. The van der Waals surface area contributed by atoms with E-state index in [-0.39, 0.29) is 16.7 Å². The van der Waals surface area contributed by atoms with E-state index in [1.165, 1.54) is 18.2 Å². The van der Waals surface area contributed by atoms with Crippen molar-refractivity contribution in [1.82, 2.24) is 0 Å². The van der Waals surface area contributed by atoms with Crippen LogP contribution in [0.4, 0.5) is 4.39 Å². The van der Waals surface area contributed by atoms with Crippen molar-refractivity contribution < 1.29 is 12.8 Å². The van der Waals surface area contributed by atoms with E-state index in [9.17, 15) is 12.8 Å². The average molecular weight is 231 g/mol. The van der Waals surface area contributed by atoms with E-state index in [0.717, 1.165) is 6.07 Å². The summed E-state index contributed by atoms with van der Waals surface area (Å²) < 4.78 is 36.5. The van der Waals surface area contributed by atoms with Gasteiger partial charge in [-0.05, 0) is 25.5 Å². The van der Waals surface area contributed by atoms with Crippen LogP contribution in [0.1, 0.15) is 13.3 Å². The van der Waals surface area contributed by atoms with Gasteiger partial charge in [-0.3, -0.25) is 0 Å². The lowest BCUT2D eigenvalue weighted by Crippen LogP contribution is -2.20. The second-order valence-electron chi connectivity index (χ2n) is 3.52. The Kier molecular flexibility index (Phi) is 3.82. The van der Waals surface area contributed by atoms with Gasteiger partial charge in [-0.2, -0.15) is 0 Å². The first-order chi connectivity index (χ1) is 6.93. The van der Waals surface area contributed by atoms with Gasteiger partial charge in [0.15, 0.2) is 9.84 Å². The van der Waals surface area contributed by atoms with Crippen molar-refractivity contribution in [2.75, 3.05) is 5.75 Å². The molecule has 2 N–H and O–H groups in total. The molecule has 0 saturated carbocycles. The van der Waals surface area contributed by atoms with Crippen molar-refractivity contribution in [3.05, 3.63) is 30.1 Å². The maximum Gasteiger partial charge on any atom is 0.181 e. The quantitative estimate of drug-likeness (QED) is 0.850. The molecule has 1 aromatic rings. The highest BCUT2D eigenvalue weighted by Gasteiger charge is 2.18. The Morgan fingerprint density at radius 2 is 2.00 bits per heavy atom. The number of benzene rings is 1. The van der Waals surface area contributed by atoms with Gasteiger partial charge in [0, 0.05) is 6.04 Å². The summed E-state index contributed by atoms with van der Waals surface area (Å²) in [6, 6.07) is 5.17. The van der Waals surface area contributed by atoms with Gasteiger partial charge in [0.25, 0.3) is 0 Å². The minimum absolute atomic E-state index is 0.119. The second-order valence-corrected chi connectivity index (χ2v) is 5.59. The van der Waals surface area contributed by atoms with Gasteiger partial charge in [0.05, 0.1) is 5.75 Å². The van der Waals surface area contributed by atoms with Crippen LogP contribution in [0.5, 0.6) is 0 Å².